The zero-order valence-corrected chi connectivity index (χ0v) is 37.6. The Morgan fingerprint density at radius 2 is 1.60 bits per heavy atom. The molecule has 0 saturated carbocycles. The van der Waals surface area contributed by atoms with Crippen LogP contribution in [0, 0.1) is 23.0 Å². The summed E-state index contributed by atoms with van der Waals surface area (Å²) >= 11 is 0. The Balaban J connectivity index is 0.671. The molecule has 68 heavy (non-hydrogen) atoms. The lowest BCUT2D eigenvalue weighted by Gasteiger charge is -2.61. The van der Waals surface area contributed by atoms with E-state index in [9.17, 15) is 36.4 Å². The number of aromatic amines is 1. The molecule has 15 nitrogen and oxygen atoms in total. The van der Waals surface area contributed by atoms with Gasteiger partial charge in [-0.05, 0) is 84.8 Å². The molecule has 2 aromatic heterocycles. The molecule has 0 aliphatic carbocycles. The predicted octanol–water partition coefficient (Wildman–Crippen LogP) is 5.54. The maximum absolute atomic E-state index is 15.8. The van der Waals surface area contributed by atoms with E-state index in [2.05, 4.69) is 36.1 Å². The number of likely N-dealkylation sites (tertiary alicyclic amines) is 1. The number of piperidine rings is 2. The Hall–Kier alpha value is -6.38. The maximum Gasteiger partial charge on any atom is 0.301 e. The monoisotopic (exact) mass is 953 g/mol. The van der Waals surface area contributed by atoms with Crippen LogP contribution in [0.3, 0.4) is 0 Å². The molecule has 3 N–H and O–H groups in total. The lowest BCUT2D eigenvalue weighted by molar-refractivity contribution is -0.136. The van der Waals surface area contributed by atoms with E-state index in [1.54, 1.807) is 17.2 Å². The van der Waals surface area contributed by atoms with Gasteiger partial charge in [-0.3, -0.25) is 29.2 Å². The minimum atomic E-state index is -4.63. The molecule has 20 heteroatoms. The molecule has 354 valence electrons. The van der Waals surface area contributed by atoms with Gasteiger partial charge in [-0.2, -0.15) is 12.7 Å². The molecule has 5 aromatic rings. The number of amides is 3. The second-order valence-electron chi connectivity index (χ2n) is 19.2. The van der Waals surface area contributed by atoms with Crippen LogP contribution in [0.1, 0.15) is 63.9 Å². The van der Waals surface area contributed by atoms with E-state index >= 15 is 8.78 Å². The zero-order valence-electron chi connectivity index (χ0n) is 36.7. The molecule has 6 aliphatic rings. The summed E-state index contributed by atoms with van der Waals surface area (Å²) < 4.78 is 86.3. The molecule has 3 aromatic carbocycles. The summed E-state index contributed by atoms with van der Waals surface area (Å²) in [6, 6.07) is 16.6. The number of imide groups is 1. The van der Waals surface area contributed by atoms with Crippen LogP contribution in [0.15, 0.2) is 73.1 Å². The van der Waals surface area contributed by atoms with Gasteiger partial charge in [0.1, 0.15) is 17.5 Å². The molecule has 0 radical (unpaired) electrons. The van der Waals surface area contributed by atoms with Crippen molar-refractivity contribution in [2.24, 2.45) is 11.3 Å². The number of nitrogens with one attached hydrogen (secondary N) is 3. The number of halogens is 4. The maximum atomic E-state index is 15.8. The van der Waals surface area contributed by atoms with Crippen molar-refractivity contribution >= 4 is 61.8 Å². The van der Waals surface area contributed by atoms with E-state index in [1.165, 1.54) is 6.20 Å². The van der Waals surface area contributed by atoms with Crippen molar-refractivity contribution in [1.29, 1.82) is 0 Å². The first-order valence-corrected chi connectivity index (χ1v) is 24.2. The van der Waals surface area contributed by atoms with E-state index in [0.717, 1.165) is 93.3 Å². The molecule has 11 rings (SSSR count). The Bertz CT molecular complexity index is 3020. The summed E-state index contributed by atoms with van der Waals surface area (Å²) in [5, 5.41) is 2.66. The molecular weight excluding hydrogens is 907 g/mol. The first-order chi connectivity index (χ1) is 32.5. The van der Waals surface area contributed by atoms with Gasteiger partial charge in [0.15, 0.2) is 5.82 Å². The van der Waals surface area contributed by atoms with Crippen LogP contribution in [0.5, 0.6) is 0 Å². The molecule has 5 fully saturated rings. The largest absolute Gasteiger partial charge is 0.372 e. The molecule has 1 atom stereocenters. The third kappa shape index (κ3) is 7.94. The lowest BCUT2D eigenvalue weighted by atomic mass is 9.72. The first-order valence-electron chi connectivity index (χ1n) is 22.8. The van der Waals surface area contributed by atoms with Crippen molar-refractivity contribution in [3.8, 4) is 11.1 Å². The van der Waals surface area contributed by atoms with E-state index in [4.69, 9.17) is 0 Å². The second kappa shape index (κ2) is 16.4. The number of anilines is 3. The predicted molar refractivity (Wildman–Crippen MR) is 244 cm³/mol. The third-order valence-corrected chi connectivity index (χ3v) is 16.0. The SMILES string of the molecule is O=C1CCC(N2Cc3cc(N4CC5(CN(CC6CCN(c7ccc(-c8cnc9[nH]cc(C(=O)c%10c(F)ccc(NS(=O)(=O)N%11CCC(F)(F)C%11)c%10F)c9c8)cc7)CC6)C5)C4)ccc3C2=O)C(=O)N1. The van der Waals surface area contributed by atoms with Crippen LogP contribution >= 0.6 is 0 Å². The van der Waals surface area contributed by atoms with Crippen molar-refractivity contribution < 1.29 is 45.2 Å². The number of aromatic nitrogens is 2. The summed E-state index contributed by atoms with van der Waals surface area (Å²) in [5.74, 6) is -7.27. The number of pyridine rings is 1. The number of hydrogen-bond acceptors (Lipinski definition) is 10. The highest BCUT2D eigenvalue weighted by atomic mass is 32.2. The van der Waals surface area contributed by atoms with Gasteiger partial charge in [0.05, 0.1) is 17.8 Å². The smallest absolute Gasteiger partial charge is 0.301 e. The highest BCUT2D eigenvalue weighted by Gasteiger charge is 2.52. The van der Waals surface area contributed by atoms with Crippen LogP contribution in [0.4, 0.5) is 34.6 Å². The van der Waals surface area contributed by atoms with E-state index in [-0.39, 0.29) is 29.2 Å². The number of rotatable bonds is 11. The summed E-state index contributed by atoms with van der Waals surface area (Å²) in [4.78, 5) is 67.2. The number of fused-ring (bicyclic) bond motifs is 2. The van der Waals surface area contributed by atoms with Gasteiger partial charge in [-0.25, -0.2) is 22.5 Å². The van der Waals surface area contributed by atoms with Crippen LogP contribution in [0.2, 0.25) is 0 Å². The van der Waals surface area contributed by atoms with E-state index in [0.29, 0.717) is 45.3 Å². The summed E-state index contributed by atoms with van der Waals surface area (Å²) in [6.07, 6.45) is 4.92. The van der Waals surface area contributed by atoms with Crippen LogP contribution in [-0.4, -0.2) is 127 Å². The minimum absolute atomic E-state index is 0.0914. The summed E-state index contributed by atoms with van der Waals surface area (Å²) in [5.41, 5.74) is 3.90. The summed E-state index contributed by atoms with van der Waals surface area (Å²) in [7, 11) is -4.63. The second-order valence-corrected chi connectivity index (χ2v) is 20.9. The quantitative estimate of drug-likeness (QED) is 0.0869. The molecule has 1 unspecified atom stereocenters. The van der Waals surface area contributed by atoms with Gasteiger partial charge in [0, 0.05) is 123 Å². The van der Waals surface area contributed by atoms with E-state index < -0.39 is 76.3 Å². The van der Waals surface area contributed by atoms with Gasteiger partial charge in [0.2, 0.25) is 17.6 Å². The minimum Gasteiger partial charge on any atom is -0.372 e. The number of nitrogens with zero attached hydrogens (tertiary/aromatic N) is 6. The van der Waals surface area contributed by atoms with E-state index in [1.807, 2.05) is 41.1 Å². The number of carbonyl (C=O) groups excluding carboxylic acids is 4. The van der Waals surface area contributed by atoms with Gasteiger partial charge in [-0.15, -0.1) is 0 Å². The average molecular weight is 954 g/mol. The molecular formula is C48H47F4N9O6S. The van der Waals surface area contributed by atoms with Crippen molar-refractivity contribution in [1.82, 2.24) is 29.4 Å². The third-order valence-electron chi connectivity index (χ3n) is 14.5. The number of benzene rings is 3. The van der Waals surface area contributed by atoms with Gasteiger partial charge in [0.25, 0.3) is 11.8 Å². The normalized spacial score (nSPS) is 21.9. The van der Waals surface area contributed by atoms with Crippen molar-refractivity contribution in [3.05, 3.63) is 107 Å². The van der Waals surface area contributed by atoms with Gasteiger partial charge < -0.3 is 24.6 Å². The van der Waals surface area contributed by atoms with Gasteiger partial charge in [-0.1, -0.05) is 12.1 Å². The fourth-order valence-electron chi connectivity index (χ4n) is 11.0. The van der Waals surface area contributed by atoms with Gasteiger partial charge >= 0.3 is 10.2 Å². The van der Waals surface area contributed by atoms with Crippen LogP contribution in [0.25, 0.3) is 22.2 Å². The topological polar surface area (TPSA) is 171 Å². The first kappa shape index (κ1) is 44.1. The Labute approximate surface area is 388 Å². The molecule has 3 amide bonds. The van der Waals surface area contributed by atoms with Crippen LogP contribution in [-0.2, 0) is 26.3 Å². The number of alkyl halides is 2. The highest BCUT2D eigenvalue weighted by molar-refractivity contribution is 7.90. The molecule has 0 bridgehead atoms. The van der Waals surface area contributed by atoms with Crippen molar-refractivity contribution in [3.63, 3.8) is 0 Å². The number of H-pyrrole nitrogens is 1. The van der Waals surface area contributed by atoms with Crippen molar-refractivity contribution in [2.45, 2.75) is 50.6 Å². The zero-order chi connectivity index (χ0) is 47.3. The molecule has 5 saturated heterocycles. The molecule has 1 spiro atoms. The summed E-state index contributed by atoms with van der Waals surface area (Å²) in [6.45, 7) is 5.76. The Morgan fingerprint density at radius 1 is 0.853 bits per heavy atom. The number of hydrogen-bond donors (Lipinski definition) is 3. The highest BCUT2D eigenvalue weighted by Crippen LogP contribution is 2.44. The lowest BCUT2D eigenvalue weighted by Crippen LogP contribution is -2.72. The standard InChI is InChI=1S/C48H47F4N9O6S/c49-37-7-8-38(56-68(66,67)60-16-13-48(51,52)27-60)42(50)41(37)43(63)36-20-54-44-35(36)18-30(19-53-44)29-1-3-32(4-2-29)58-14-11-28(12-15-58)21-57-23-47(24-57)25-59(26-47)33-5-6-34-31(17-33)22-61(46(34)65)39-9-10-40(62)55-45(39)64/h1-8,17-20,28,39,56H,9-16,21-27H2,(H,53,54)(H,55,62,64). The Kier molecular flexibility index (Phi) is 10.6. The Morgan fingerprint density at radius 3 is 2.32 bits per heavy atom. The van der Waals surface area contributed by atoms with Crippen molar-refractivity contribution in [2.75, 3.05) is 73.4 Å². The number of ketones is 1. The molecule has 8 heterocycles. The number of carbonyl (C=O) groups is 4. The average Bonchev–Trinajstić information content (AvgIpc) is 3.99. The fourth-order valence-corrected chi connectivity index (χ4v) is 12.2. The molecule has 6 aliphatic heterocycles. The van der Waals surface area contributed by atoms with Crippen LogP contribution < -0.4 is 19.8 Å². The fraction of sp³-hybridized carbons (Fsp3) is 0.396.